The normalized spacial score (nSPS) is 18.0. The molecule has 1 atom stereocenters. The Morgan fingerprint density at radius 2 is 1.98 bits per heavy atom. The van der Waals surface area contributed by atoms with E-state index < -0.39 is 11.7 Å². The molecule has 2 saturated heterocycles. The Hall–Kier alpha value is -4.98. The number of carbonyl (C=O) groups is 3. The highest BCUT2D eigenvalue weighted by atomic mass is 16.6. The van der Waals surface area contributed by atoms with Gasteiger partial charge in [-0.15, -0.1) is 0 Å². The predicted octanol–water partition coefficient (Wildman–Crippen LogP) is 3.37. The van der Waals surface area contributed by atoms with E-state index in [-0.39, 0.29) is 30.8 Å². The number of ether oxygens (including phenoxy) is 4. The number of benzene rings is 1. The predicted molar refractivity (Wildman–Crippen MR) is 162 cm³/mol. The molecule has 45 heavy (non-hydrogen) atoms. The van der Waals surface area contributed by atoms with Crippen molar-refractivity contribution in [1.29, 1.82) is 0 Å². The third kappa shape index (κ3) is 7.40. The average Bonchev–Trinajstić information content (AvgIpc) is 3.36. The second kappa shape index (κ2) is 12.6. The SMILES string of the molecule is CC(C)(C)OC(=O)N1CC(Oc2cnnc(-c3cccc(CNCCC4CN(c5ccc6c(n5)NC(=O)CO6)C(=O)O4)c3)c2)C1. The van der Waals surface area contributed by atoms with Crippen molar-refractivity contribution in [2.45, 2.75) is 51.5 Å². The third-order valence-electron chi connectivity index (χ3n) is 7.24. The smallest absolute Gasteiger partial charge is 0.415 e. The van der Waals surface area contributed by atoms with Gasteiger partial charge in [0, 0.05) is 18.2 Å². The van der Waals surface area contributed by atoms with Crippen LogP contribution >= 0.6 is 0 Å². The third-order valence-corrected chi connectivity index (χ3v) is 7.24. The maximum Gasteiger partial charge on any atom is 0.415 e. The number of fused-ring (bicyclic) bond motifs is 1. The number of likely N-dealkylation sites (tertiary alicyclic amines) is 1. The molecule has 236 valence electrons. The Kier molecular flexibility index (Phi) is 8.39. The van der Waals surface area contributed by atoms with Crippen LogP contribution in [0.4, 0.5) is 21.2 Å². The molecule has 2 N–H and O–H groups in total. The van der Waals surface area contributed by atoms with Gasteiger partial charge in [0.25, 0.3) is 5.91 Å². The minimum Gasteiger partial charge on any atom is -0.485 e. The van der Waals surface area contributed by atoms with Crippen molar-refractivity contribution in [3.8, 4) is 22.8 Å². The standard InChI is InChI=1S/C31H35N7O7/c1-31(2,3)45-29(40)37-15-23(16-37)43-22-12-24(36-33-14-22)20-6-4-5-19(11-20)13-32-10-9-21-17-38(30(41)44-21)26-8-7-25-28(34-26)35-27(39)18-42-25/h4-8,11-12,14,21,23,32H,9-10,13,15-18H2,1-3H3,(H,34,35,39). The first-order chi connectivity index (χ1) is 21.6. The number of carbonyl (C=O) groups excluding carboxylic acids is 3. The lowest BCUT2D eigenvalue weighted by molar-refractivity contribution is -0.118. The van der Waals surface area contributed by atoms with Gasteiger partial charge in [0.2, 0.25) is 0 Å². The van der Waals surface area contributed by atoms with Gasteiger partial charge in [0.05, 0.1) is 31.5 Å². The highest BCUT2D eigenvalue weighted by molar-refractivity contribution is 5.95. The van der Waals surface area contributed by atoms with Gasteiger partial charge in [-0.05, 0) is 57.5 Å². The van der Waals surface area contributed by atoms with E-state index in [1.54, 1.807) is 23.2 Å². The average molecular weight is 618 g/mol. The van der Waals surface area contributed by atoms with Crippen LogP contribution in [0, 0.1) is 0 Å². The largest absolute Gasteiger partial charge is 0.485 e. The van der Waals surface area contributed by atoms with Crippen LogP contribution in [0.5, 0.6) is 11.5 Å². The van der Waals surface area contributed by atoms with E-state index in [0.717, 1.165) is 11.1 Å². The molecule has 3 aliphatic heterocycles. The maximum absolute atomic E-state index is 12.5. The lowest BCUT2D eigenvalue weighted by Gasteiger charge is -2.39. The Bertz CT molecular complexity index is 1590. The molecule has 0 radical (unpaired) electrons. The highest BCUT2D eigenvalue weighted by Crippen LogP contribution is 2.30. The number of rotatable bonds is 9. The first-order valence-electron chi connectivity index (χ1n) is 14.8. The van der Waals surface area contributed by atoms with E-state index in [4.69, 9.17) is 18.9 Å². The Morgan fingerprint density at radius 1 is 1.13 bits per heavy atom. The van der Waals surface area contributed by atoms with Gasteiger partial charge in [-0.1, -0.05) is 18.2 Å². The summed E-state index contributed by atoms with van der Waals surface area (Å²) < 4.78 is 22.3. The molecule has 2 aromatic heterocycles. The summed E-state index contributed by atoms with van der Waals surface area (Å²) in [5.74, 6) is 1.44. The van der Waals surface area contributed by atoms with Gasteiger partial charge in [0.15, 0.2) is 18.2 Å². The van der Waals surface area contributed by atoms with Crippen molar-refractivity contribution in [3.05, 3.63) is 54.2 Å². The van der Waals surface area contributed by atoms with Crippen molar-refractivity contribution in [1.82, 2.24) is 25.4 Å². The van der Waals surface area contributed by atoms with Crippen LogP contribution in [0.25, 0.3) is 11.3 Å². The van der Waals surface area contributed by atoms with Crippen LogP contribution in [0.15, 0.2) is 48.7 Å². The molecule has 6 rings (SSSR count). The summed E-state index contributed by atoms with van der Waals surface area (Å²) in [7, 11) is 0. The zero-order valence-corrected chi connectivity index (χ0v) is 25.3. The minimum atomic E-state index is -0.538. The fraction of sp³-hybridized carbons (Fsp3) is 0.419. The number of nitrogens with one attached hydrogen (secondary N) is 2. The molecule has 3 amide bonds. The molecular formula is C31H35N7O7. The molecule has 0 aliphatic carbocycles. The van der Waals surface area contributed by atoms with Crippen molar-refractivity contribution >= 4 is 29.7 Å². The molecule has 1 unspecified atom stereocenters. The molecule has 14 nitrogen and oxygen atoms in total. The second-order valence-corrected chi connectivity index (χ2v) is 12.0. The molecule has 1 aromatic carbocycles. The summed E-state index contributed by atoms with van der Waals surface area (Å²) in [5, 5.41) is 14.5. The van der Waals surface area contributed by atoms with Crippen LogP contribution in [0.2, 0.25) is 0 Å². The number of anilines is 2. The van der Waals surface area contributed by atoms with E-state index in [0.29, 0.717) is 68.0 Å². The maximum atomic E-state index is 12.5. The summed E-state index contributed by atoms with van der Waals surface area (Å²) in [5.41, 5.74) is 2.10. The minimum absolute atomic E-state index is 0.0608. The first-order valence-corrected chi connectivity index (χ1v) is 14.8. The quantitative estimate of drug-likeness (QED) is 0.339. The zero-order valence-electron chi connectivity index (χ0n) is 25.3. The number of pyridine rings is 1. The Labute approximate surface area is 260 Å². The molecule has 0 spiro atoms. The molecular weight excluding hydrogens is 582 g/mol. The molecule has 14 heteroatoms. The van der Waals surface area contributed by atoms with E-state index in [1.807, 2.05) is 51.1 Å². The van der Waals surface area contributed by atoms with Gasteiger partial charge in [-0.3, -0.25) is 9.69 Å². The van der Waals surface area contributed by atoms with E-state index >= 15 is 0 Å². The van der Waals surface area contributed by atoms with E-state index in [1.165, 1.54) is 4.90 Å². The number of nitrogens with zero attached hydrogens (tertiary/aromatic N) is 5. The molecule has 2 fully saturated rings. The van der Waals surface area contributed by atoms with Crippen LogP contribution in [-0.4, -0.2) is 88.8 Å². The molecule has 0 saturated carbocycles. The van der Waals surface area contributed by atoms with Crippen LogP contribution in [-0.2, 0) is 20.8 Å². The number of amides is 3. The van der Waals surface area contributed by atoms with Gasteiger partial charge in [0.1, 0.15) is 29.4 Å². The Balaban J connectivity index is 0.965. The Morgan fingerprint density at radius 3 is 2.80 bits per heavy atom. The van der Waals surface area contributed by atoms with Crippen molar-refractivity contribution in [2.75, 3.05) is 43.0 Å². The monoisotopic (exact) mass is 617 g/mol. The van der Waals surface area contributed by atoms with E-state index in [2.05, 4.69) is 25.8 Å². The molecule has 0 bridgehead atoms. The van der Waals surface area contributed by atoms with Crippen molar-refractivity contribution < 1.29 is 33.3 Å². The summed E-state index contributed by atoms with van der Waals surface area (Å²) in [6.45, 7) is 7.95. The number of hydrogen-bond acceptors (Lipinski definition) is 11. The molecule has 5 heterocycles. The topological polar surface area (TPSA) is 157 Å². The number of hydrogen-bond donors (Lipinski definition) is 2. The highest BCUT2D eigenvalue weighted by Gasteiger charge is 2.36. The molecule has 3 aliphatic rings. The van der Waals surface area contributed by atoms with Crippen molar-refractivity contribution in [3.63, 3.8) is 0 Å². The van der Waals surface area contributed by atoms with Gasteiger partial charge < -0.3 is 34.5 Å². The number of aromatic nitrogens is 3. The fourth-order valence-electron chi connectivity index (χ4n) is 5.03. The summed E-state index contributed by atoms with van der Waals surface area (Å²) in [6, 6.07) is 13.2. The summed E-state index contributed by atoms with van der Waals surface area (Å²) in [6.07, 6.45) is 0.921. The van der Waals surface area contributed by atoms with Gasteiger partial charge in [-0.25, -0.2) is 14.6 Å². The van der Waals surface area contributed by atoms with Crippen LogP contribution in [0.1, 0.15) is 32.8 Å². The lowest BCUT2D eigenvalue weighted by atomic mass is 10.1. The molecule has 3 aromatic rings. The summed E-state index contributed by atoms with van der Waals surface area (Å²) in [4.78, 5) is 43.7. The van der Waals surface area contributed by atoms with Crippen LogP contribution in [0.3, 0.4) is 0 Å². The van der Waals surface area contributed by atoms with Gasteiger partial charge >= 0.3 is 12.2 Å². The second-order valence-electron chi connectivity index (χ2n) is 12.0. The van der Waals surface area contributed by atoms with Crippen molar-refractivity contribution in [2.24, 2.45) is 0 Å². The lowest BCUT2D eigenvalue weighted by Crippen LogP contribution is -2.57. The zero-order chi connectivity index (χ0) is 31.6. The fourth-order valence-corrected chi connectivity index (χ4v) is 5.03. The number of cyclic esters (lactones) is 1. The summed E-state index contributed by atoms with van der Waals surface area (Å²) >= 11 is 0. The van der Waals surface area contributed by atoms with Gasteiger partial charge in [-0.2, -0.15) is 10.2 Å². The first kappa shape index (κ1) is 30.1. The van der Waals surface area contributed by atoms with Crippen LogP contribution < -0.4 is 25.0 Å². The van der Waals surface area contributed by atoms with E-state index in [9.17, 15) is 14.4 Å².